The first-order valence-corrected chi connectivity index (χ1v) is 6.62. The van der Waals surface area contributed by atoms with Gasteiger partial charge in [0.15, 0.2) is 5.82 Å². The Morgan fingerprint density at radius 1 is 1.26 bits per heavy atom. The average molecular weight is 276 g/mol. The van der Waals surface area contributed by atoms with E-state index in [2.05, 4.69) is 25.8 Å². The fourth-order valence-electron chi connectivity index (χ4n) is 1.69. The third kappa shape index (κ3) is 3.32. The molecule has 5 nitrogen and oxygen atoms in total. The molecular weight excluding hydrogens is 262 g/mol. The van der Waals surface area contributed by atoms with Gasteiger partial charge in [0.05, 0.1) is 6.20 Å². The van der Waals surface area contributed by atoms with Gasteiger partial charge in [-0.25, -0.2) is 0 Å². The van der Waals surface area contributed by atoms with Gasteiger partial charge in [-0.05, 0) is 24.5 Å². The first kappa shape index (κ1) is 12.2. The lowest BCUT2D eigenvalue weighted by atomic mass is 10.2. The van der Waals surface area contributed by atoms with Crippen LogP contribution in [0, 0.1) is 0 Å². The highest BCUT2D eigenvalue weighted by molar-refractivity contribution is 6.31. The number of nitrogens with zero attached hydrogens (tertiary/aromatic N) is 3. The molecular formula is C13H14ClN5. The van der Waals surface area contributed by atoms with Crippen molar-refractivity contribution in [1.82, 2.24) is 15.2 Å². The summed E-state index contributed by atoms with van der Waals surface area (Å²) in [5, 5.41) is 15.0. The molecule has 0 atom stereocenters. The maximum atomic E-state index is 6.10. The van der Waals surface area contributed by atoms with Crippen molar-refractivity contribution in [3.05, 3.63) is 41.0 Å². The summed E-state index contributed by atoms with van der Waals surface area (Å²) in [6.45, 7) is 0.612. The van der Waals surface area contributed by atoms with Crippen LogP contribution >= 0.6 is 11.6 Å². The Morgan fingerprint density at radius 3 is 2.89 bits per heavy atom. The number of rotatable bonds is 5. The molecule has 0 radical (unpaired) electrons. The summed E-state index contributed by atoms with van der Waals surface area (Å²) >= 11 is 6.10. The molecule has 2 N–H and O–H groups in total. The highest BCUT2D eigenvalue weighted by Crippen LogP contribution is 2.23. The quantitative estimate of drug-likeness (QED) is 0.878. The minimum Gasteiger partial charge on any atom is -0.364 e. The van der Waals surface area contributed by atoms with Crippen molar-refractivity contribution in [2.24, 2.45) is 0 Å². The van der Waals surface area contributed by atoms with E-state index in [0.29, 0.717) is 24.4 Å². The molecule has 1 heterocycles. The molecule has 3 rings (SSSR count). The summed E-state index contributed by atoms with van der Waals surface area (Å²) in [6.07, 6.45) is 3.97. The van der Waals surface area contributed by atoms with Gasteiger partial charge in [0.1, 0.15) is 0 Å². The van der Waals surface area contributed by atoms with Crippen LogP contribution in [0.1, 0.15) is 18.4 Å². The van der Waals surface area contributed by atoms with Crippen molar-refractivity contribution < 1.29 is 0 Å². The Morgan fingerprint density at radius 2 is 2.11 bits per heavy atom. The molecule has 1 aromatic carbocycles. The number of aromatic nitrogens is 3. The van der Waals surface area contributed by atoms with Crippen molar-refractivity contribution in [1.29, 1.82) is 0 Å². The normalized spacial score (nSPS) is 14.2. The van der Waals surface area contributed by atoms with E-state index in [0.717, 1.165) is 10.6 Å². The van der Waals surface area contributed by atoms with Gasteiger partial charge in [0, 0.05) is 17.6 Å². The van der Waals surface area contributed by atoms with E-state index in [-0.39, 0.29) is 0 Å². The fraction of sp³-hybridized carbons (Fsp3) is 0.308. The molecule has 6 heteroatoms. The first-order valence-electron chi connectivity index (χ1n) is 6.25. The van der Waals surface area contributed by atoms with Gasteiger partial charge in [0.25, 0.3) is 0 Å². The number of halogens is 1. The van der Waals surface area contributed by atoms with E-state index >= 15 is 0 Å². The zero-order valence-electron chi connectivity index (χ0n) is 10.3. The van der Waals surface area contributed by atoms with E-state index in [1.54, 1.807) is 6.20 Å². The van der Waals surface area contributed by atoms with Crippen LogP contribution in [0.2, 0.25) is 5.02 Å². The second-order valence-corrected chi connectivity index (χ2v) is 4.94. The Bertz CT molecular complexity index is 570. The van der Waals surface area contributed by atoms with Crippen molar-refractivity contribution in [3.8, 4) is 0 Å². The molecule has 98 valence electrons. The predicted molar refractivity (Wildman–Crippen MR) is 75.3 cm³/mol. The van der Waals surface area contributed by atoms with E-state index in [9.17, 15) is 0 Å². The van der Waals surface area contributed by atoms with Gasteiger partial charge in [-0.15, -0.1) is 5.10 Å². The molecule has 0 unspecified atom stereocenters. The van der Waals surface area contributed by atoms with Crippen LogP contribution in [-0.4, -0.2) is 21.2 Å². The molecule has 2 aromatic rings. The third-order valence-electron chi connectivity index (χ3n) is 2.89. The molecule has 1 aliphatic rings. The summed E-state index contributed by atoms with van der Waals surface area (Å²) in [5.41, 5.74) is 1.03. The Labute approximate surface area is 116 Å². The zero-order chi connectivity index (χ0) is 13.1. The van der Waals surface area contributed by atoms with E-state index in [1.807, 2.05) is 24.3 Å². The minimum atomic E-state index is 0.514. The molecule has 1 fully saturated rings. The van der Waals surface area contributed by atoms with Crippen LogP contribution < -0.4 is 10.6 Å². The van der Waals surface area contributed by atoms with Gasteiger partial charge in [-0.1, -0.05) is 29.8 Å². The number of anilines is 2. The van der Waals surface area contributed by atoms with Crippen LogP contribution in [0.5, 0.6) is 0 Å². The number of nitrogens with one attached hydrogen (secondary N) is 2. The molecule has 1 aliphatic carbocycles. The lowest BCUT2D eigenvalue weighted by Gasteiger charge is -2.08. The first-order chi connectivity index (χ1) is 9.31. The minimum absolute atomic E-state index is 0.514. The SMILES string of the molecule is Clc1ccccc1CNc1cnnc(NC2CC2)n1. The maximum Gasteiger partial charge on any atom is 0.244 e. The number of hydrogen-bond donors (Lipinski definition) is 2. The Kier molecular flexibility index (Phi) is 3.46. The van der Waals surface area contributed by atoms with E-state index < -0.39 is 0 Å². The molecule has 0 bridgehead atoms. The van der Waals surface area contributed by atoms with Crippen molar-refractivity contribution >= 4 is 23.4 Å². The van der Waals surface area contributed by atoms with Crippen LogP contribution in [-0.2, 0) is 6.54 Å². The number of hydrogen-bond acceptors (Lipinski definition) is 5. The molecule has 0 saturated heterocycles. The van der Waals surface area contributed by atoms with Crippen molar-refractivity contribution in [3.63, 3.8) is 0 Å². The molecule has 1 saturated carbocycles. The van der Waals surface area contributed by atoms with Crippen LogP contribution in [0.4, 0.5) is 11.8 Å². The summed E-state index contributed by atoms with van der Waals surface area (Å²) in [4.78, 5) is 4.36. The zero-order valence-corrected chi connectivity index (χ0v) is 11.1. The van der Waals surface area contributed by atoms with Gasteiger partial charge in [-0.3, -0.25) is 0 Å². The molecule has 0 spiro atoms. The largest absolute Gasteiger partial charge is 0.364 e. The second kappa shape index (κ2) is 5.40. The highest BCUT2D eigenvalue weighted by atomic mass is 35.5. The topological polar surface area (TPSA) is 62.7 Å². The Hall–Kier alpha value is -1.88. The average Bonchev–Trinajstić information content (AvgIpc) is 3.22. The Balaban J connectivity index is 1.64. The lowest BCUT2D eigenvalue weighted by Crippen LogP contribution is -2.09. The van der Waals surface area contributed by atoms with Crippen LogP contribution in [0.15, 0.2) is 30.5 Å². The van der Waals surface area contributed by atoms with Crippen molar-refractivity contribution in [2.75, 3.05) is 10.6 Å². The van der Waals surface area contributed by atoms with Gasteiger partial charge >= 0.3 is 0 Å². The van der Waals surface area contributed by atoms with Gasteiger partial charge in [0.2, 0.25) is 5.95 Å². The fourth-order valence-corrected chi connectivity index (χ4v) is 1.89. The van der Waals surface area contributed by atoms with E-state index in [1.165, 1.54) is 12.8 Å². The highest BCUT2D eigenvalue weighted by Gasteiger charge is 2.22. The summed E-state index contributed by atoms with van der Waals surface area (Å²) < 4.78 is 0. The second-order valence-electron chi connectivity index (χ2n) is 4.53. The van der Waals surface area contributed by atoms with Gasteiger partial charge in [-0.2, -0.15) is 10.1 Å². The van der Waals surface area contributed by atoms with Crippen molar-refractivity contribution in [2.45, 2.75) is 25.4 Å². The number of benzene rings is 1. The smallest absolute Gasteiger partial charge is 0.244 e. The monoisotopic (exact) mass is 275 g/mol. The molecule has 19 heavy (non-hydrogen) atoms. The predicted octanol–water partition coefficient (Wildman–Crippen LogP) is 2.71. The molecule has 0 amide bonds. The van der Waals surface area contributed by atoms with E-state index in [4.69, 9.17) is 11.6 Å². The van der Waals surface area contributed by atoms with Crippen LogP contribution in [0.25, 0.3) is 0 Å². The molecule has 1 aromatic heterocycles. The third-order valence-corrected chi connectivity index (χ3v) is 3.26. The van der Waals surface area contributed by atoms with Gasteiger partial charge < -0.3 is 10.6 Å². The summed E-state index contributed by atoms with van der Waals surface area (Å²) in [6, 6.07) is 8.24. The molecule has 0 aliphatic heterocycles. The lowest BCUT2D eigenvalue weighted by molar-refractivity contribution is 0.936. The summed E-state index contributed by atoms with van der Waals surface area (Å²) in [5.74, 6) is 1.27. The van der Waals surface area contributed by atoms with Crippen LogP contribution in [0.3, 0.4) is 0 Å². The summed E-state index contributed by atoms with van der Waals surface area (Å²) in [7, 11) is 0. The standard InChI is InChI=1S/C13H14ClN5/c14-11-4-2-1-3-9(11)7-15-12-8-16-19-13(18-12)17-10-5-6-10/h1-4,8,10H,5-7H2,(H2,15,17,18,19). The maximum absolute atomic E-state index is 6.10.